The predicted octanol–water partition coefficient (Wildman–Crippen LogP) is 5.33. The van der Waals surface area contributed by atoms with Crippen molar-refractivity contribution in [1.82, 2.24) is 9.97 Å². The molecule has 1 saturated heterocycles. The number of urea groups is 1. The zero-order chi connectivity index (χ0) is 22.5. The number of thiazole rings is 1. The second-order valence-corrected chi connectivity index (χ2v) is 9.78. The van der Waals surface area contributed by atoms with E-state index in [4.69, 9.17) is 5.11 Å². The van der Waals surface area contributed by atoms with Crippen LogP contribution in [-0.2, 0) is 0 Å². The SMILES string of the molecule is Cc1ccc(NC(=O)Nc2ncc(Sc3ccc(C(=O)O)cn3)s2)c(N2CCCCC2)c1. The minimum Gasteiger partial charge on any atom is -0.478 e. The molecule has 2 amide bonds. The number of piperidine rings is 1. The predicted molar refractivity (Wildman–Crippen MR) is 127 cm³/mol. The van der Waals surface area contributed by atoms with Gasteiger partial charge in [-0.05, 0) is 56.0 Å². The van der Waals surface area contributed by atoms with Crippen molar-refractivity contribution in [2.75, 3.05) is 28.6 Å². The summed E-state index contributed by atoms with van der Waals surface area (Å²) < 4.78 is 0.834. The molecule has 3 aromatic rings. The molecule has 0 atom stereocenters. The lowest BCUT2D eigenvalue weighted by Crippen LogP contribution is -2.31. The molecular formula is C22H23N5O3S2. The lowest BCUT2D eigenvalue weighted by atomic mass is 10.1. The normalized spacial score (nSPS) is 13.6. The molecule has 0 bridgehead atoms. The maximum Gasteiger partial charge on any atom is 0.337 e. The van der Waals surface area contributed by atoms with Gasteiger partial charge in [0.15, 0.2) is 5.13 Å². The average Bonchev–Trinajstić information content (AvgIpc) is 3.22. The fraction of sp³-hybridized carbons (Fsp3) is 0.273. The molecule has 0 saturated carbocycles. The topological polar surface area (TPSA) is 107 Å². The molecule has 0 spiro atoms. The number of nitrogens with one attached hydrogen (secondary N) is 2. The molecule has 1 aliphatic heterocycles. The van der Waals surface area contributed by atoms with Crippen molar-refractivity contribution in [3.05, 3.63) is 53.9 Å². The van der Waals surface area contributed by atoms with Crippen molar-refractivity contribution < 1.29 is 14.7 Å². The first-order chi connectivity index (χ1) is 15.5. The van der Waals surface area contributed by atoms with E-state index >= 15 is 0 Å². The van der Waals surface area contributed by atoms with Crippen LogP contribution in [0, 0.1) is 6.92 Å². The van der Waals surface area contributed by atoms with Gasteiger partial charge in [-0.3, -0.25) is 5.32 Å². The van der Waals surface area contributed by atoms with Crippen molar-refractivity contribution in [3.8, 4) is 0 Å². The number of carboxylic acid groups (broad SMARTS) is 1. The number of pyridine rings is 1. The number of carbonyl (C=O) groups excluding carboxylic acids is 1. The summed E-state index contributed by atoms with van der Waals surface area (Å²) in [5, 5.41) is 15.8. The van der Waals surface area contributed by atoms with Gasteiger partial charge in [0.2, 0.25) is 0 Å². The summed E-state index contributed by atoms with van der Waals surface area (Å²) in [7, 11) is 0. The number of carboxylic acids is 1. The number of nitrogens with zero attached hydrogens (tertiary/aromatic N) is 3. The monoisotopic (exact) mass is 469 g/mol. The third-order valence-electron chi connectivity index (χ3n) is 4.99. The van der Waals surface area contributed by atoms with Gasteiger partial charge in [0.05, 0.1) is 27.3 Å². The molecular weight excluding hydrogens is 446 g/mol. The van der Waals surface area contributed by atoms with Gasteiger partial charge in [0.1, 0.15) is 5.03 Å². The van der Waals surface area contributed by atoms with Crippen molar-refractivity contribution in [1.29, 1.82) is 0 Å². The standard InChI is InChI=1S/C22H23N5O3S2/c1-14-5-7-16(17(11-14)27-9-3-2-4-10-27)25-21(30)26-22-24-13-19(32-22)31-18-8-6-15(12-23-18)20(28)29/h5-8,11-13H,2-4,9-10H2,1H3,(H,28,29)(H2,24,25,26,30). The van der Waals surface area contributed by atoms with E-state index in [9.17, 15) is 9.59 Å². The minimum atomic E-state index is -1.01. The molecule has 0 unspecified atom stereocenters. The van der Waals surface area contributed by atoms with Crippen LogP contribution >= 0.6 is 23.1 Å². The van der Waals surface area contributed by atoms with Crippen molar-refractivity contribution in [2.45, 2.75) is 35.4 Å². The number of aromatic carboxylic acids is 1. The summed E-state index contributed by atoms with van der Waals surface area (Å²) in [6.07, 6.45) is 6.54. The number of hydrogen-bond donors (Lipinski definition) is 3. The number of aryl methyl sites for hydroxylation is 1. The first-order valence-electron chi connectivity index (χ1n) is 10.2. The summed E-state index contributed by atoms with van der Waals surface area (Å²) in [4.78, 5) is 34.3. The summed E-state index contributed by atoms with van der Waals surface area (Å²) in [5.41, 5.74) is 3.12. The maximum absolute atomic E-state index is 12.6. The Labute approximate surface area is 194 Å². The van der Waals surface area contributed by atoms with Crippen molar-refractivity contribution in [2.24, 2.45) is 0 Å². The second kappa shape index (κ2) is 10.0. The highest BCUT2D eigenvalue weighted by molar-refractivity contribution is 8.01. The van der Waals surface area contributed by atoms with E-state index in [-0.39, 0.29) is 11.6 Å². The van der Waals surface area contributed by atoms with Gasteiger partial charge in [0, 0.05) is 19.3 Å². The molecule has 4 rings (SSSR count). The Kier molecular flexibility index (Phi) is 6.91. The van der Waals surface area contributed by atoms with Crippen LogP contribution in [0.5, 0.6) is 0 Å². The summed E-state index contributed by atoms with van der Waals surface area (Å²) in [6, 6.07) is 8.85. The number of benzene rings is 1. The largest absolute Gasteiger partial charge is 0.478 e. The van der Waals surface area contributed by atoms with Crippen molar-refractivity contribution in [3.63, 3.8) is 0 Å². The van der Waals surface area contributed by atoms with Gasteiger partial charge in [-0.2, -0.15) is 0 Å². The van der Waals surface area contributed by atoms with E-state index in [1.807, 2.05) is 12.1 Å². The molecule has 1 fully saturated rings. The van der Waals surface area contributed by atoms with Gasteiger partial charge < -0.3 is 15.3 Å². The first kappa shape index (κ1) is 22.1. The van der Waals surface area contributed by atoms with Crippen LogP contribution in [0.1, 0.15) is 35.2 Å². The van der Waals surface area contributed by atoms with Gasteiger partial charge in [-0.15, -0.1) is 0 Å². The van der Waals surface area contributed by atoms with E-state index in [0.717, 1.165) is 47.1 Å². The zero-order valence-electron chi connectivity index (χ0n) is 17.5. The van der Waals surface area contributed by atoms with Crippen LogP contribution in [0.2, 0.25) is 0 Å². The highest BCUT2D eigenvalue weighted by atomic mass is 32.2. The molecule has 1 aromatic carbocycles. The minimum absolute atomic E-state index is 0.137. The quantitative estimate of drug-likeness (QED) is 0.448. The molecule has 8 nitrogen and oxygen atoms in total. The van der Waals surface area contributed by atoms with Gasteiger partial charge in [0.25, 0.3) is 0 Å². The second-order valence-electron chi connectivity index (χ2n) is 7.42. The van der Waals surface area contributed by atoms with Gasteiger partial charge in [-0.25, -0.2) is 19.6 Å². The van der Waals surface area contributed by atoms with Crippen LogP contribution in [0.25, 0.3) is 0 Å². The highest BCUT2D eigenvalue weighted by Gasteiger charge is 2.17. The Balaban J connectivity index is 1.39. The zero-order valence-corrected chi connectivity index (χ0v) is 19.1. The van der Waals surface area contributed by atoms with Crippen LogP contribution in [0.3, 0.4) is 0 Å². The number of hydrogen-bond acceptors (Lipinski definition) is 7. The first-order valence-corrected chi connectivity index (χ1v) is 11.9. The molecule has 32 heavy (non-hydrogen) atoms. The fourth-order valence-corrected chi connectivity index (χ4v) is 5.19. The number of carbonyl (C=O) groups is 2. The van der Waals surface area contributed by atoms with Gasteiger partial charge in [-0.1, -0.05) is 29.2 Å². The molecule has 0 radical (unpaired) electrons. The Morgan fingerprint density at radius 3 is 2.59 bits per heavy atom. The number of rotatable bonds is 6. The molecule has 10 heteroatoms. The maximum atomic E-state index is 12.6. The summed E-state index contributed by atoms with van der Waals surface area (Å²) in [6.45, 7) is 4.04. The fourth-order valence-electron chi connectivity index (χ4n) is 3.43. The Hall–Kier alpha value is -3.11. The number of aromatic nitrogens is 2. The molecule has 166 valence electrons. The van der Waals surface area contributed by atoms with Crippen LogP contribution in [0.15, 0.2) is 52.0 Å². The van der Waals surface area contributed by atoms with Crippen molar-refractivity contribution >= 4 is 51.6 Å². The third kappa shape index (κ3) is 5.57. The summed E-state index contributed by atoms with van der Waals surface area (Å²) in [5.74, 6) is -1.01. The van der Waals surface area contributed by atoms with E-state index in [0.29, 0.717) is 10.2 Å². The van der Waals surface area contributed by atoms with Crippen LogP contribution in [-0.4, -0.2) is 40.2 Å². The summed E-state index contributed by atoms with van der Waals surface area (Å²) >= 11 is 2.68. The molecule has 2 aromatic heterocycles. The lowest BCUT2D eigenvalue weighted by Gasteiger charge is -2.30. The third-order valence-corrected chi connectivity index (χ3v) is 6.96. The highest BCUT2D eigenvalue weighted by Crippen LogP contribution is 2.33. The van der Waals surface area contributed by atoms with Crippen LogP contribution < -0.4 is 15.5 Å². The number of anilines is 3. The van der Waals surface area contributed by atoms with E-state index in [1.54, 1.807) is 12.3 Å². The van der Waals surface area contributed by atoms with E-state index < -0.39 is 5.97 Å². The Morgan fingerprint density at radius 1 is 1.06 bits per heavy atom. The lowest BCUT2D eigenvalue weighted by molar-refractivity contribution is 0.0696. The molecule has 0 aliphatic carbocycles. The molecule has 3 N–H and O–H groups in total. The smallest absolute Gasteiger partial charge is 0.337 e. The molecule has 3 heterocycles. The van der Waals surface area contributed by atoms with E-state index in [1.165, 1.54) is 41.8 Å². The molecule has 1 aliphatic rings. The number of amides is 2. The van der Waals surface area contributed by atoms with E-state index in [2.05, 4.69) is 38.5 Å². The van der Waals surface area contributed by atoms with Gasteiger partial charge >= 0.3 is 12.0 Å². The Morgan fingerprint density at radius 2 is 1.88 bits per heavy atom. The average molecular weight is 470 g/mol. The van der Waals surface area contributed by atoms with Crippen LogP contribution in [0.4, 0.5) is 21.3 Å². The Bertz CT molecular complexity index is 1110.